The third-order valence-corrected chi connectivity index (χ3v) is 4.18. The number of hydrogen-bond donors (Lipinski definition) is 2. The Labute approximate surface area is 114 Å². The number of carboxylic acid groups (broad SMARTS) is 1. The summed E-state index contributed by atoms with van der Waals surface area (Å²) in [5, 5.41) is 12.6. The molecule has 2 heterocycles. The van der Waals surface area contributed by atoms with Gasteiger partial charge in [0.1, 0.15) is 6.04 Å². The molecule has 5 nitrogen and oxygen atoms in total. The third-order valence-electron chi connectivity index (χ3n) is 4.18. The van der Waals surface area contributed by atoms with Crippen molar-refractivity contribution in [3.63, 3.8) is 0 Å². The van der Waals surface area contributed by atoms with E-state index in [4.69, 9.17) is 0 Å². The van der Waals surface area contributed by atoms with Gasteiger partial charge < -0.3 is 15.3 Å². The molecule has 2 aliphatic heterocycles. The number of nitrogens with zero attached hydrogens (tertiary/aromatic N) is 1. The summed E-state index contributed by atoms with van der Waals surface area (Å²) in [6, 6.07) is -0.803. The number of likely N-dealkylation sites (tertiary alicyclic amines) is 1. The molecule has 5 heteroatoms. The average molecular weight is 268 g/mol. The van der Waals surface area contributed by atoms with Gasteiger partial charge in [0.05, 0.1) is 6.04 Å². The minimum atomic E-state index is -0.858. The molecule has 0 aromatic carbocycles. The van der Waals surface area contributed by atoms with Gasteiger partial charge in [0.15, 0.2) is 0 Å². The number of carboxylic acids is 1. The van der Waals surface area contributed by atoms with Crippen molar-refractivity contribution in [1.29, 1.82) is 0 Å². The van der Waals surface area contributed by atoms with E-state index < -0.39 is 12.0 Å². The molecule has 0 spiro atoms. The molecule has 0 bridgehead atoms. The van der Waals surface area contributed by atoms with E-state index in [0.29, 0.717) is 13.0 Å². The van der Waals surface area contributed by atoms with Crippen LogP contribution in [0.5, 0.6) is 0 Å². The van der Waals surface area contributed by atoms with Crippen LogP contribution in [-0.4, -0.2) is 47.1 Å². The van der Waals surface area contributed by atoms with Crippen molar-refractivity contribution in [3.05, 3.63) is 0 Å². The van der Waals surface area contributed by atoms with E-state index in [2.05, 4.69) is 5.32 Å². The molecular formula is C14H24N2O3. The van der Waals surface area contributed by atoms with Gasteiger partial charge in [-0.05, 0) is 32.2 Å². The summed E-state index contributed by atoms with van der Waals surface area (Å²) < 4.78 is 0. The van der Waals surface area contributed by atoms with Gasteiger partial charge in [0, 0.05) is 6.54 Å². The molecule has 0 saturated carbocycles. The average Bonchev–Trinajstić information content (AvgIpc) is 2.80. The Morgan fingerprint density at radius 3 is 2.53 bits per heavy atom. The van der Waals surface area contributed by atoms with E-state index in [-0.39, 0.29) is 11.9 Å². The fourth-order valence-corrected chi connectivity index (χ4v) is 3.07. The third kappa shape index (κ3) is 3.69. The molecule has 1 amide bonds. The van der Waals surface area contributed by atoms with Crippen LogP contribution in [-0.2, 0) is 9.59 Å². The van der Waals surface area contributed by atoms with Crippen LogP contribution in [0.15, 0.2) is 0 Å². The van der Waals surface area contributed by atoms with Crippen molar-refractivity contribution in [3.8, 4) is 0 Å². The maximum Gasteiger partial charge on any atom is 0.326 e. The molecule has 2 rings (SSSR count). The molecule has 0 aromatic heterocycles. The van der Waals surface area contributed by atoms with E-state index in [9.17, 15) is 14.7 Å². The highest BCUT2D eigenvalue weighted by molar-refractivity contribution is 5.87. The smallest absolute Gasteiger partial charge is 0.326 e. The maximum absolute atomic E-state index is 12.6. The molecule has 2 aliphatic rings. The maximum atomic E-state index is 12.6. The summed E-state index contributed by atoms with van der Waals surface area (Å²) in [6.45, 7) is 1.45. The Morgan fingerprint density at radius 1 is 1.00 bits per heavy atom. The summed E-state index contributed by atoms with van der Waals surface area (Å²) in [5.41, 5.74) is 0. The lowest BCUT2D eigenvalue weighted by Gasteiger charge is -2.30. The summed E-state index contributed by atoms with van der Waals surface area (Å²) in [7, 11) is 0. The highest BCUT2D eigenvalue weighted by Crippen LogP contribution is 2.20. The first-order valence-corrected chi connectivity index (χ1v) is 7.47. The molecule has 2 saturated heterocycles. The highest BCUT2D eigenvalue weighted by atomic mass is 16.4. The van der Waals surface area contributed by atoms with Crippen LogP contribution in [0.4, 0.5) is 0 Å². The van der Waals surface area contributed by atoms with Gasteiger partial charge in [-0.25, -0.2) is 4.79 Å². The zero-order valence-electron chi connectivity index (χ0n) is 11.4. The van der Waals surface area contributed by atoms with Crippen LogP contribution < -0.4 is 5.32 Å². The molecule has 19 heavy (non-hydrogen) atoms. The zero-order chi connectivity index (χ0) is 13.7. The van der Waals surface area contributed by atoms with Gasteiger partial charge in [-0.15, -0.1) is 0 Å². The standard InChI is InChI=1S/C14H24N2O3/c17-13(11-7-3-1-5-9-15-11)16-10-6-2-4-8-12(16)14(18)19/h11-12,15H,1-10H2,(H,18,19). The summed E-state index contributed by atoms with van der Waals surface area (Å²) in [5.74, 6) is -0.861. The molecular weight excluding hydrogens is 244 g/mol. The van der Waals surface area contributed by atoms with Crippen LogP contribution in [0, 0.1) is 0 Å². The summed E-state index contributed by atoms with van der Waals surface area (Å²) >= 11 is 0. The number of carbonyl (C=O) groups excluding carboxylic acids is 1. The topological polar surface area (TPSA) is 69.6 Å². The van der Waals surface area contributed by atoms with Gasteiger partial charge in [-0.2, -0.15) is 0 Å². The predicted molar refractivity (Wildman–Crippen MR) is 71.9 cm³/mol. The lowest BCUT2D eigenvalue weighted by atomic mass is 10.1. The quantitative estimate of drug-likeness (QED) is 0.793. The van der Waals surface area contributed by atoms with Crippen molar-refractivity contribution >= 4 is 11.9 Å². The molecule has 2 unspecified atom stereocenters. The second-order valence-electron chi connectivity index (χ2n) is 5.59. The first kappa shape index (κ1) is 14.3. The van der Waals surface area contributed by atoms with Crippen LogP contribution in [0.3, 0.4) is 0 Å². The Kier molecular flexibility index (Phi) is 5.19. The van der Waals surface area contributed by atoms with E-state index in [1.807, 2.05) is 0 Å². The Bertz CT molecular complexity index is 325. The normalized spacial score (nSPS) is 29.4. The van der Waals surface area contributed by atoms with Crippen LogP contribution >= 0.6 is 0 Å². The Hall–Kier alpha value is -1.10. The van der Waals surface area contributed by atoms with Crippen molar-refractivity contribution in [2.24, 2.45) is 0 Å². The lowest BCUT2D eigenvalue weighted by molar-refractivity contribution is -0.151. The largest absolute Gasteiger partial charge is 0.480 e. The van der Waals surface area contributed by atoms with Crippen molar-refractivity contribution in [1.82, 2.24) is 10.2 Å². The molecule has 0 aliphatic carbocycles. The van der Waals surface area contributed by atoms with Crippen LogP contribution in [0.2, 0.25) is 0 Å². The highest BCUT2D eigenvalue weighted by Gasteiger charge is 2.34. The van der Waals surface area contributed by atoms with E-state index in [0.717, 1.165) is 51.5 Å². The van der Waals surface area contributed by atoms with Gasteiger partial charge in [0.2, 0.25) is 5.91 Å². The zero-order valence-corrected chi connectivity index (χ0v) is 11.4. The van der Waals surface area contributed by atoms with Crippen LogP contribution in [0.25, 0.3) is 0 Å². The van der Waals surface area contributed by atoms with E-state index in [1.165, 1.54) is 0 Å². The monoisotopic (exact) mass is 268 g/mol. The molecule has 2 fully saturated rings. The SMILES string of the molecule is O=C(O)C1CCCCCN1C(=O)C1CCCCCN1. The molecule has 0 radical (unpaired) electrons. The predicted octanol–water partition coefficient (Wildman–Crippen LogP) is 1.37. The van der Waals surface area contributed by atoms with Crippen molar-refractivity contribution < 1.29 is 14.7 Å². The van der Waals surface area contributed by atoms with Gasteiger partial charge in [-0.1, -0.05) is 25.7 Å². The second kappa shape index (κ2) is 6.89. The second-order valence-corrected chi connectivity index (χ2v) is 5.59. The van der Waals surface area contributed by atoms with Gasteiger partial charge in [-0.3, -0.25) is 4.79 Å². The Balaban J connectivity index is 2.06. The van der Waals surface area contributed by atoms with E-state index >= 15 is 0 Å². The van der Waals surface area contributed by atoms with Gasteiger partial charge in [0.25, 0.3) is 0 Å². The Morgan fingerprint density at radius 2 is 1.74 bits per heavy atom. The number of amides is 1. The first-order chi connectivity index (χ1) is 9.20. The number of rotatable bonds is 2. The fourth-order valence-electron chi connectivity index (χ4n) is 3.07. The van der Waals surface area contributed by atoms with Gasteiger partial charge >= 0.3 is 5.97 Å². The van der Waals surface area contributed by atoms with Crippen molar-refractivity contribution in [2.45, 2.75) is 63.5 Å². The van der Waals surface area contributed by atoms with Crippen molar-refractivity contribution in [2.75, 3.05) is 13.1 Å². The van der Waals surface area contributed by atoms with Crippen LogP contribution in [0.1, 0.15) is 51.4 Å². The first-order valence-electron chi connectivity index (χ1n) is 7.47. The summed E-state index contributed by atoms with van der Waals surface area (Å²) in [4.78, 5) is 25.5. The molecule has 2 N–H and O–H groups in total. The fraction of sp³-hybridized carbons (Fsp3) is 0.857. The van der Waals surface area contributed by atoms with E-state index in [1.54, 1.807) is 4.90 Å². The molecule has 0 aromatic rings. The number of aliphatic carboxylic acids is 1. The minimum absolute atomic E-state index is 0.00352. The number of hydrogen-bond acceptors (Lipinski definition) is 3. The lowest BCUT2D eigenvalue weighted by Crippen LogP contribution is -2.52. The number of carbonyl (C=O) groups is 2. The molecule has 2 atom stereocenters. The minimum Gasteiger partial charge on any atom is -0.480 e. The molecule has 108 valence electrons. The summed E-state index contributed by atoms with van der Waals surface area (Å²) in [6.07, 6.45) is 7.57. The number of nitrogens with one attached hydrogen (secondary N) is 1.